The fourth-order valence-corrected chi connectivity index (χ4v) is 4.28. The molecule has 0 spiro atoms. The summed E-state index contributed by atoms with van der Waals surface area (Å²) in [4.78, 5) is 2.00. The van der Waals surface area contributed by atoms with Crippen LogP contribution < -0.4 is 11.1 Å². The van der Waals surface area contributed by atoms with Gasteiger partial charge in [0.15, 0.2) is 0 Å². The largest absolute Gasteiger partial charge is 0.420 e. The first-order valence-corrected chi connectivity index (χ1v) is 11.8. The van der Waals surface area contributed by atoms with Crippen LogP contribution in [-0.2, 0) is 6.54 Å². The van der Waals surface area contributed by atoms with Crippen molar-refractivity contribution in [3.63, 3.8) is 0 Å². The third-order valence-electron chi connectivity index (χ3n) is 6.21. The van der Waals surface area contributed by atoms with Gasteiger partial charge in [-0.05, 0) is 56.6 Å². The molecule has 1 aromatic heterocycles. The minimum absolute atomic E-state index is 0.0612. The number of benzene rings is 2. The number of allylic oxidation sites excluding steroid dienone is 1. The minimum atomic E-state index is -0.548. The monoisotopic (exact) mass is 493 g/mol. The van der Waals surface area contributed by atoms with Crippen LogP contribution in [0, 0.1) is 22.5 Å². The van der Waals surface area contributed by atoms with E-state index >= 15 is 0 Å². The Bertz CT molecular complexity index is 1270. The maximum absolute atomic E-state index is 14.1. The zero-order valence-corrected chi connectivity index (χ0v) is 20.0. The first-order valence-electron chi connectivity index (χ1n) is 11.8. The highest BCUT2D eigenvalue weighted by Gasteiger charge is 2.27. The summed E-state index contributed by atoms with van der Waals surface area (Å²) in [6.45, 7) is 4.04. The number of nitrogens with one attached hydrogen (secondary N) is 3. The second kappa shape index (κ2) is 11.2. The third-order valence-corrected chi connectivity index (χ3v) is 6.21. The molecule has 4 rings (SSSR count). The molecule has 0 saturated carbocycles. The third kappa shape index (κ3) is 5.49. The Labute approximate surface area is 208 Å². The molecule has 10 heteroatoms. The number of halogens is 2. The number of nitrogens with two attached hydrogens (primary N) is 1. The average molecular weight is 494 g/mol. The van der Waals surface area contributed by atoms with Crippen molar-refractivity contribution < 1.29 is 13.2 Å². The molecule has 1 fully saturated rings. The Morgan fingerprint density at radius 1 is 1.25 bits per heavy atom. The summed E-state index contributed by atoms with van der Waals surface area (Å²) in [5, 5.41) is 27.6. The van der Waals surface area contributed by atoms with Gasteiger partial charge in [-0.2, -0.15) is 0 Å². The number of rotatable bonds is 9. The highest BCUT2D eigenvalue weighted by atomic mass is 19.1. The summed E-state index contributed by atoms with van der Waals surface area (Å²) >= 11 is 0. The summed E-state index contributed by atoms with van der Waals surface area (Å²) in [5.74, 6) is -0.399. The highest BCUT2D eigenvalue weighted by molar-refractivity contribution is 6.24. The highest BCUT2D eigenvalue weighted by Crippen LogP contribution is 2.31. The normalized spacial score (nSPS) is 16.6. The van der Waals surface area contributed by atoms with Crippen molar-refractivity contribution in [1.29, 1.82) is 10.8 Å². The van der Waals surface area contributed by atoms with Crippen LogP contribution in [0.15, 0.2) is 52.6 Å². The molecule has 2 heterocycles. The van der Waals surface area contributed by atoms with E-state index in [2.05, 4.69) is 15.5 Å². The van der Waals surface area contributed by atoms with E-state index in [0.717, 1.165) is 25.6 Å². The van der Waals surface area contributed by atoms with E-state index in [4.69, 9.17) is 21.0 Å². The van der Waals surface area contributed by atoms with Crippen LogP contribution in [-0.4, -0.2) is 46.7 Å². The fraction of sp³-hybridized carbons (Fsp3) is 0.308. The van der Waals surface area contributed by atoms with Gasteiger partial charge in [-0.15, -0.1) is 10.2 Å². The zero-order valence-electron chi connectivity index (χ0n) is 20.0. The first-order chi connectivity index (χ1) is 17.4. The number of hydrogen-bond donors (Lipinski definition) is 4. The van der Waals surface area contributed by atoms with Crippen molar-refractivity contribution in [2.45, 2.75) is 32.2 Å². The van der Waals surface area contributed by atoms with Gasteiger partial charge in [0, 0.05) is 60.0 Å². The van der Waals surface area contributed by atoms with Gasteiger partial charge in [0.05, 0.1) is 11.6 Å². The fourth-order valence-electron chi connectivity index (χ4n) is 4.28. The molecule has 1 unspecified atom stereocenters. The second-order valence-electron chi connectivity index (χ2n) is 8.70. The van der Waals surface area contributed by atoms with Crippen LogP contribution in [0.5, 0.6) is 0 Å². The Morgan fingerprint density at radius 3 is 2.75 bits per heavy atom. The number of nitrogens with zero attached hydrogens (tertiary/aromatic N) is 3. The molecule has 36 heavy (non-hydrogen) atoms. The van der Waals surface area contributed by atoms with Crippen molar-refractivity contribution in [3.8, 4) is 11.5 Å². The van der Waals surface area contributed by atoms with Gasteiger partial charge in [0.25, 0.3) is 0 Å². The molecule has 1 aliphatic rings. The van der Waals surface area contributed by atoms with Gasteiger partial charge in [-0.25, -0.2) is 8.78 Å². The lowest BCUT2D eigenvalue weighted by atomic mass is 9.97. The molecule has 0 amide bonds. The molecule has 188 valence electrons. The van der Waals surface area contributed by atoms with E-state index in [0.29, 0.717) is 47.3 Å². The van der Waals surface area contributed by atoms with Crippen molar-refractivity contribution in [3.05, 3.63) is 76.8 Å². The van der Waals surface area contributed by atoms with E-state index < -0.39 is 11.6 Å². The summed E-state index contributed by atoms with van der Waals surface area (Å²) in [5.41, 5.74) is 8.14. The van der Waals surface area contributed by atoms with Crippen LogP contribution in [0.3, 0.4) is 0 Å². The molecule has 2 aromatic carbocycles. The molecule has 8 nitrogen and oxygen atoms in total. The maximum atomic E-state index is 14.1. The van der Waals surface area contributed by atoms with E-state index in [1.54, 1.807) is 24.4 Å². The van der Waals surface area contributed by atoms with Crippen LogP contribution in [0.1, 0.15) is 42.7 Å². The molecule has 1 saturated heterocycles. The molecule has 5 N–H and O–H groups in total. The number of piperidine rings is 1. The lowest BCUT2D eigenvalue weighted by Gasteiger charge is -2.31. The summed E-state index contributed by atoms with van der Waals surface area (Å²) in [7, 11) is 0. The predicted octanol–water partition coefficient (Wildman–Crippen LogP) is 4.49. The number of aromatic nitrogens is 2. The standard InChI is InChI=1S/C26H29F2N7O/c1-2-32-13-18(12-29)24(31)19-11-16(8-9-23(19)30)25-33-34-26(36-25)17-5-4-10-35(14-17)15-20-21(27)6-3-7-22(20)28/h3,6-9,11-13,17,29,31-32H,2,4-5,10,14-15,30H2,1H3/b18-13+,29-12?,31-24?. The first kappa shape index (κ1) is 25.2. The van der Waals surface area contributed by atoms with Gasteiger partial charge in [-0.1, -0.05) is 6.07 Å². The van der Waals surface area contributed by atoms with Crippen LogP contribution in [0.2, 0.25) is 0 Å². The molecule has 3 aromatic rings. The SMILES string of the molecule is CCN/C=C(\C=N)C(=N)c1cc(-c2nnc(C3CCCN(Cc4c(F)cccc4F)C3)o2)ccc1N. The predicted molar refractivity (Wildman–Crippen MR) is 135 cm³/mol. The van der Waals surface area contributed by atoms with Gasteiger partial charge < -0.3 is 20.9 Å². The van der Waals surface area contributed by atoms with Crippen LogP contribution in [0.25, 0.3) is 11.5 Å². The van der Waals surface area contributed by atoms with E-state index in [9.17, 15) is 8.78 Å². The summed E-state index contributed by atoms with van der Waals surface area (Å²) in [6, 6.07) is 9.02. The smallest absolute Gasteiger partial charge is 0.247 e. The summed E-state index contributed by atoms with van der Waals surface area (Å²) < 4.78 is 34.2. The molecule has 0 bridgehead atoms. The van der Waals surface area contributed by atoms with E-state index in [1.165, 1.54) is 18.2 Å². The van der Waals surface area contributed by atoms with Crippen molar-refractivity contribution in [1.82, 2.24) is 20.4 Å². The Hall–Kier alpha value is -3.92. The van der Waals surface area contributed by atoms with Gasteiger partial charge in [0.1, 0.15) is 11.6 Å². The lowest BCUT2D eigenvalue weighted by Crippen LogP contribution is -2.34. The zero-order chi connectivity index (χ0) is 25.7. The van der Waals surface area contributed by atoms with E-state index in [1.807, 2.05) is 11.8 Å². The Morgan fingerprint density at radius 2 is 2.03 bits per heavy atom. The Balaban J connectivity index is 1.52. The molecule has 0 radical (unpaired) electrons. The number of anilines is 1. The summed E-state index contributed by atoms with van der Waals surface area (Å²) in [6.07, 6.45) is 4.37. The minimum Gasteiger partial charge on any atom is -0.420 e. The van der Waals surface area contributed by atoms with Crippen LogP contribution in [0.4, 0.5) is 14.5 Å². The van der Waals surface area contributed by atoms with Gasteiger partial charge in [0.2, 0.25) is 11.8 Å². The maximum Gasteiger partial charge on any atom is 0.247 e. The Kier molecular flexibility index (Phi) is 7.84. The molecular weight excluding hydrogens is 464 g/mol. The molecular formula is C26H29F2N7O. The number of hydrogen-bond acceptors (Lipinski definition) is 8. The average Bonchev–Trinajstić information content (AvgIpc) is 3.38. The molecule has 0 aliphatic carbocycles. The van der Waals surface area contributed by atoms with Gasteiger partial charge >= 0.3 is 0 Å². The van der Waals surface area contributed by atoms with Crippen molar-refractivity contribution in [2.75, 3.05) is 25.4 Å². The quantitative estimate of drug-likeness (QED) is 0.257. The van der Waals surface area contributed by atoms with E-state index in [-0.39, 0.29) is 23.7 Å². The molecule has 1 atom stereocenters. The van der Waals surface area contributed by atoms with Crippen LogP contribution >= 0.6 is 0 Å². The van der Waals surface area contributed by atoms with Gasteiger partial charge in [-0.3, -0.25) is 10.3 Å². The lowest BCUT2D eigenvalue weighted by molar-refractivity contribution is 0.182. The molecule has 1 aliphatic heterocycles. The second-order valence-corrected chi connectivity index (χ2v) is 8.70. The van der Waals surface area contributed by atoms with Crippen molar-refractivity contribution in [2.24, 2.45) is 0 Å². The topological polar surface area (TPSA) is 128 Å². The number of likely N-dealkylation sites (tertiary alicyclic amines) is 1. The van der Waals surface area contributed by atoms with Crippen molar-refractivity contribution >= 4 is 17.6 Å². The number of nitrogen functional groups attached to an aromatic ring is 1.